The molecule has 0 aromatic heterocycles. The second-order valence-corrected chi connectivity index (χ2v) is 4.99. The molecule has 0 amide bonds. The van der Waals surface area contributed by atoms with Gasteiger partial charge in [0.2, 0.25) is 0 Å². The molecule has 0 atom stereocenters. The van der Waals surface area contributed by atoms with Crippen LogP contribution in [0, 0.1) is 24.3 Å². The average Bonchev–Trinajstić information content (AvgIpc) is 2.72. The Morgan fingerprint density at radius 2 is 0.586 bits per heavy atom. The van der Waals surface area contributed by atoms with Crippen LogP contribution in [0.1, 0.15) is 0 Å². The molecule has 0 saturated carbocycles. The predicted molar refractivity (Wildman–Crippen MR) is 108 cm³/mol. The van der Waals surface area contributed by atoms with Crippen molar-refractivity contribution in [1.29, 1.82) is 0 Å². The molecule has 4 N–H and O–H groups in total. The molecule has 4 aromatic carbocycles. The van der Waals surface area contributed by atoms with E-state index in [1.807, 2.05) is 0 Å². The summed E-state index contributed by atoms with van der Waals surface area (Å²) in [6.07, 6.45) is 0. The minimum atomic E-state index is 0. The SMILES string of the molecule is Oc1[c-]cccc1.Oc1[c-]cccc1.Oc1[c-]cccc1.Oc1[c-]cccc1.[Zr+4]. The molecule has 5 heteroatoms. The molecule has 0 bridgehead atoms. The van der Waals surface area contributed by atoms with Gasteiger partial charge in [-0.3, -0.25) is 0 Å². The van der Waals surface area contributed by atoms with Crippen LogP contribution in [-0.2, 0) is 26.2 Å². The van der Waals surface area contributed by atoms with E-state index in [0.717, 1.165) is 0 Å². The van der Waals surface area contributed by atoms with Gasteiger partial charge < -0.3 is 20.4 Å². The number of benzene rings is 4. The number of aromatic hydroxyl groups is 4. The van der Waals surface area contributed by atoms with Crippen molar-refractivity contribution in [3.63, 3.8) is 0 Å². The van der Waals surface area contributed by atoms with Gasteiger partial charge in [-0.15, -0.1) is 48.5 Å². The van der Waals surface area contributed by atoms with Gasteiger partial charge in [0, 0.05) is 23.0 Å². The van der Waals surface area contributed by atoms with Crippen molar-refractivity contribution in [3.05, 3.63) is 121 Å². The fourth-order valence-corrected chi connectivity index (χ4v) is 1.54. The zero-order valence-electron chi connectivity index (χ0n) is 15.5. The van der Waals surface area contributed by atoms with E-state index in [1.165, 1.54) is 0 Å². The summed E-state index contributed by atoms with van der Waals surface area (Å²) in [6.45, 7) is 0. The molecule has 4 rings (SSSR count). The van der Waals surface area contributed by atoms with Crippen LogP contribution in [0.2, 0.25) is 0 Å². The van der Waals surface area contributed by atoms with Gasteiger partial charge in [-0.05, 0) is 0 Å². The molecule has 0 aliphatic rings. The van der Waals surface area contributed by atoms with Crippen LogP contribution in [-0.4, -0.2) is 20.4 Å². The fourth-order valence-electron chi connectivity index (χ4n) is 1.54. The molecule has 0 radical (unpaired) electrons. The Labute approximate surface area is 190 Å². The van der Waals surface area contributed by atoms with Gasteiger partial charge in [0.15, 0.2) is 0 Å². The molecule has 0 aliphatic heterocycles. The summed E-state index contributed by atoms with van der Waals surface area (Å²) >= 11 is 0. The van der Waals surface area contributed by atoms with Gasteiger partial charge >= 0.3 is 26.2 Å². The first kappa shape index (κ1) is 26.0. The summed E-state index contributed by atoms with van der Waals surface area (Å²) in [6, 6.07) is 37.6. The van der Waals surface area contributed by atoms with Crippen molar-refractivity contribution in [2.45, 2.75) is 0 Å². The van der Waals surface area contributed by atoms with E-state index in [1.54, 1.807) is 97.1 Å². The average molecular weight is 464 g/mol. The first-order valence-corrected chi connectivity index (χ1v) is 8.20. The van der Waals surface area contributed by atoms with Gasteiger partial charge in [-0.25, -0.2) is 0 Å². The van der Waals surface area contributed by atoms with Crippen molar-refractivity contribution in [2.24, 2.45) is 0 Å². The third-order valence-electron chi connectivity index (χ3n) is 2.77. The maximum absolute atomic E-state index is 8.58. The standard InChI is InChI=1S/4C6H5O.Zr/c4*7-6-4-2-1-3-5-6;/h4*1-4,7H;/q4*-1;+4. The summed E-state index contributed by atoms with van der Waals surface area (Å²) in [4.78, 5) is 0. The minimum absolute atomic E-state index is 0. The quantitative estimate of drug-likeness (QED) is 0.283. The van der Waals surface area contributed by atoms with Gasteiger partial charge in [0.25, 0.3) is 0 Å². The van der Waals surface area contributed by atoms with Gasteiger partial charge in [0.05, 0.1) is 0 Å². The topological polar surface area (TPSA) is 80.9 Å². The Bertz CT molecular complexity index is 693. The zero-order valence-corrected chi connectivity index (χ0v) is 18.0. The summed E-state index contributed by atoms with van der Waals surface area (Å²) in [5, 5.41) is 34.3. The number of rotatable bonds is 0. The molecule has 0 aliphatic carbocycles. The molecule has 29 heavy (non-hydrogen) atoms. The number of para-hydroxylation sites is 4. The van der Waals surface area contributed by atoms with Crippen LogP contribution in [0.4, 0.5) is 0 Å². The van der Waals surface area contributed by atoms with E-state index in [0.29, 0.717) is 0 Å². The number of phenolic OH excluding ortho intramolecular Hbond substituents is 4. The van der Waals surface area contributed by atoms with E-state index < -0.39 is 0 Å². The van der Waals surface area contributed by atoms with E-state index in [4.69, 9.17) is 20.4 Å². The van der Waals surface area contributed by atoms with Crippen molar-refractivity contribution in [2.75, 3.05) is 0 Å². The second-order valence-electron chi connectivity index (χ2n) is 4.99. The number of hydrogen-bond donors (Lipinski definition) is 4. The third kappa shape index (κ3) is 15.7. The molecule has 0 heterocycles. The Morgan fingerprint density at radius 3 is 0.655 bits per heavy atom. The summed E-state index contributed by atoms with van der Waals surface area (Å²) < 4.78 is 0. The smallest absolute Gasteiger partial charge is 0.534 e. The van der Waals surface area contributed by atoms with Crippen LogP contribution in [0.15, 0.2) is 97.1 Å². The van der Waals surface area contributed by atoms with Crippen LogP contribution >= 0.6 is 0 Å². The first-order valence-electron chi connectivity index (χ1n) is 8.20. The predicted octanol–water partition coefficient (Wildman–Crippen LogP) is 4.77. The fraction of sp³-hybridized carbons (Fsp3) is 0. The summed E-state index contributed by atoms with van der Waals surface area (Å²) in [5.41, 5.74) is 0. The molecule has 0 spiro atoms. The minimum Gasteiger partial charge on any atom is -0.534 e. The van der Waals surface area contributed by atoms with Crippen molar-refractivity contribution in [3.8, 4) is 23.0 Å². The van der Waals surface area contributed by atoms with Crippen LogP contribution in [0.3, 0.4) is 0 Å². The Kier molecular flexibility index (Phi) is 15.3. The van der Waals surface area contributed by atoms with E-state index in [2.05, 4.69) is 24.3 Å². The van der Waals surface area contributed by atoms with Crippen LogP contribution < -0.4 is 0 Å². The van der Waals surface area contributed by atoms with E-state index in [-0.39, 0.29) is 49.2 Å². The monoisotopic (exact) mass is 462 g/mol. The molecule has 4 aromatic rings. The number of phenols is 4. The summed E-state index contributed by atoms with van der Waals surface area (Å²) in [7, 11) is 0. The molecule has 0 unspecified atom stereocenters. The largest absolute Gasteiger partial charge is 4.00 e. The Balaban J connectivity index is 0.000000356. The second kappa shape index (κ2) is 17.1. The van der Waals surface area contributed by atoms with Gasteiger partial charge in [0.1, 0.15) is 0 Å². The van der Waals surface area contributed by atoms with Gasteiger partial charge in [-0.1, -0.05) is 0 Å². The van der Waals surface area contributed by atoms with E-state index in [9.17, 15) is 0 Å². The normalized spacial score (nSPS) is 8.28. The molecule has 144 valence electrons. The van der Waals surface area contributed by atoms with Crippen molar-refractivity contribution >= 4 is 0 Å². The van der Waals surface area contributed by atoms with Crippen molar-refractivity contribution in [1.82, 2.24) is 0 Å². The van der Waals surface area contributed by atoms with E-state index >= 15 is 0 Å². The zero-order chi connectivity index (χ0) is 20.5. The van der Waals surface area contributed by atoms with Crippen LogP contribution in [0.25, 0.3) is 0 Å². The molecule has 0 saturated heterocycles. The van der Waals surface area contributed by atoms with Crippen LogP contribution in [0.5, 0.6) is 23.0 Å². The third-order valence-corrected chi connectivity index (χ3v) is 2.77. The van der Waals surface area contributed by atoms with Crippen molar-refractivity contribution < 1.29 is 46.6 Å². The van der Waals surface area contributed by atoms with Gasteiger partial charge in [-0.2, -0.15) is 72.8 Å². The first-order chi connectivity index (χ1) is 13.6. The molecule has 0 fully saturated rings. The molecular weight excluding hydrogens is 443 g/mol. The molecular formula is C24H20O4Zr. The summed E-state index contributed by atoms with van der Waals surface area (Å²) in [5.74, 6) is 0.787. The number of hydrogen-bond acceptors (Lipinski definition) is 4. The Hall–Kier alpha value is -3.04. The molecule has 4 nitrogen and oxygen atoms in total. The maximum atomic E-state index is 8.58. The maximum Gasteiger partial charge on any atom is 4.00 e. The Morgan fingerprint density at radius 1 is 0.379 bits per heavy atom.